The monoisotopic (exact) mass is 318 g/mol. The summed E-state index contributed by atoms with van der Waals surface area (Å²) in [4.78, 5) is 10.3. The van der Waals surface area contributed by atoms with Crippen molar-refractivity contribution in [3.05, 3.63) is 32.6 Å². The maximum Gasteiger partial charge on any atom is 0.419 e. The molecule has 0 aliphatic heterocycles. The number of rotatable bonds is 1. The van der Waals surface area contributed by atoms with E-state index in [1.54, 1.807) is 0 Å². The predicted octanol–water partition coefficient (Wildman–Crippen LogP) is 3.26. The van der Waals surface area contributed by atoms with Gasteiger partial charge in [-0.15, -0.1) is 0 Å². The summed E-state index contributed by atoms with van der Waals surface area (Å²) in [5.74, 6) is -1.40. The molecule has 0 atom stereocenters. The van der Waals surface area contributed by atoms with Crippen molar-refractivity contribution in [2.45, 2.75) is 6.18 Å². The summed E-state index contributed by atoms with van der Waals surface area (Å²) in [6.45, 7) is 0. The summed E-state index contributed by atoms with van der Waals surface area (Å²) < 4.78 is 49.1. The number of carbonyl (C=O) groups excluding carboxylic acids is 1. The van der Waals surface area contributed by atoms with Crippen molar-refractivity contribution in [3.8, 4) is 0 Å². The van der Waals surface area contributed by atoms with Gasteiger partial charge in [-0.1, -0.05) is 0 Å². The van der Waals surface area contributed by atoms with Crippen LogP contribution in [-0.4, -0.2) is 6.29 Å². The van der Waals surface area contributed by atoms with Crippen molar-refractivity contribution in [1.29, 1.82) is 0 Å². The van der Waals surface area contributed by atoms with Crippen LogP contribution in [0.15, 0.2) is 12.1 Å². The zero-order valence-corrected chi connectivity index (χ0v) is 8.69. The smallest absolute Gasteiger partial charge is 0.298 e. The Morgan fingerprint density at radius 1 is 1.29 bits per heavy atom. The summed E-state index contributed by atoms with van der Waals surface area (Å²) in [5.41, 5.74) is -1.44. The molecule has 0 aromatic heterocycles. The van der Waals surface area contributed by atoms with Gasteiger partial charge in [-0.3, -0.25) is 4.79 Å². The molecule has 0 N–H and O–H groups in total. The van der Waals surface area contributed by atoms with E-state index in [-0.39, 0.29) is 9.13 Å². The van der Waals surface area contributed by atoms with Crippen LogP contribution in [0, 0.1) is 9.39 Å². The normalized spacial score (nSPS) is 11.5. The molecule has 6 heteroatoms. The molecule has 0 fully saturated rings. The summed E-state index contributed by atoms with van der Waals surface area (Å²) in [6.07, 6.45) is -4.42. The quantitative estimate of drug-likeness (QED) is 0.441. The standard InChI is InChI=1S/C8H3F4IO/c9-6-5(8(10,11)12)2-1-4(3-14)7(6)13/h1-3H. The number of hydrogen-bond donors (Lipinski definition) is 0. The number of alkyl halides is 3. The second-order valence-corrected chi connectivity index (χ2v) is 3.52. The van der Waals surface area contributed by atoms with Crippen molar-refractivity contribution in [2.75, 3.05) is 0 Å². The van der Waals surface area contributed by atoms with Gasteiger partial charge in [-0.25, -0.2) is 4.39 Å². The summed E-state index contributed by atoms with van der Waals surface area (Å²) in [7, 11) is 0. The zero-order chi connectivity index (χ0) is 10.9. The molecule has 0 radical (unpaired) electrons. The van der Waals surface area contributed by atoms with E-state index in [0.29, 0.717) is 12.4 Å². The lowest BCUT2D eigenvalue weighted by Crippen LogP contribution is -2.10. The Morgan fingerprint density at radius 2 is 1.86 bits per heavy atom. The van der Waals surface area contributed by atoms with E-state index in [0.717, 1.165) is 6.07 Å². The third-order valence-electron chi connectivity index (χ3n) is 1.54. The third kappa shape index (κ3) is 2.05. The van der Waals surface area contributed by atoms with E-state index in [1.807, 2.05) is 0 Å². The van der Waals surface area contributed by atoms with Gasteiger partial charge < -0.3 is 0 Å². The van der Waals surface area contributed by atoms with Crippen LogP contribution in [0.25, 0.3) is 0 Å². The van der Waals surface area contributed by atoms with Crippen LogP contribution in [0.1, 0.15) is 15.9 Å². The number of aldehydes is 1. The Balaban J connectivity index is 3.38. The fraction of sp³-hybridized carbons (Fsp3) is 0.125. The molecule has 0 unspecified atom stereocenters. The first-order valence-electron chi connectivity index (χ1n) is 3.38. The zero-order valence-electron chi connectivity index (χ0n) is 6.53. The molecule has 1 aromatic rings. The van der Waals surface area contributed by atoms with Crippen LogP contribution in [-0.2, 0) is 6.18 Å². The number of hydrogen-bond acceptors (Lipinski definition) is 1. The Morgan fingerprint density at radius 3 is 2.29 bits per heavy atom. The van der Waals surface area contributed by atoms with Gasteiger partial charge in [0.25, 0.3) is 0 Å². The van der Waals surface area contributed by atoms with Gasteiger partial charge in [0.15, 0.2) is 6.29 Å². The van der Waals surface area contributed by atoms with E-state index < -0.39 is 17.6 Å². The first-order valence-corrected chi connectivity index (χ1v) is 4.46. The second kappa shape index (κ2) is 3.84. The number of benzene rings is 1. The molecular weight excluding hydrogens is 315 g/mol. The molecule has 0 heterocycles. The van der Waals surface area contributed by atoms with Crippen LogP contribution >= 0.6 is 22.6 Å². The molecule has 0 amide bonds. The Kier molecular flexibility index (Phi) is 3.13. The number of halogens is 5. The lowest BCUT2D eigenvalue weighted by Gasteiger charge is -2.09. The first kappa shape index (κ1) is 11.4. The largest absolute Gasteiger partial charge is 0.419 e. The molecule has 0 spiro atoms. The first-order chi connectivity index (χ1) is 6.38. The molecule has 0 aliphatic rings. The van der Waals surface area contributed by atoms with Crippen LogP contribution in [0.3, 0.4) is 0 Å². The lowest BCUT2D eigenvalue weighted by molar-refractivity contribution is -0.140. The lowest BCUT2D eigenvalue weighted by atomic mass is 10.1. The minimum atomic E-state index is -4.73. The predicted molar refractivity (Wildman–Crippen MR) is 49.5 cm³/mol. The molecule has 0 saturated heterocycles. The van der Waals surface area contributed by atoms with E-state index in [9.17, 15) is 22.4 Å². The molecule has 0 saturated carbocycles. The number of carbonyl (C=O) groups is 1. The van der Waals surface area contributed by atoms with Gasteiger partial charge in [0.2, 0.25) is 0 Å². The molecule has 1 rings (SSSR count). The molecule has 14 heavy (non-hydrogen) atoms. The fourth-order valence-electron chi connectivity index (χ4n) is 0.874. The molecule has 0 aliphatic carbocycles. The maximum atomic E-state index is 13.1. The average molecular weight is 318 g/mol. The minimum Gasteiger partial charge on any atom is -0.298 e. The van der Waals surface area contributed by atoms with Gasteiger partial charge in [0.05, 0.1) is 9.13 Å². The Hall–Kier alpha value is -0.660. The molecule has 1 nitrogen and oxygen atoms in total. The van der Waals surface area contributed by atoms with Gasteiger partial charge >= 0.3 is 6.18 Å². The summed E-state index contributed by atoms with van der Waals surface area (Å²) >= 11 is 1.36. The highest BCUT2D eigenvalue weighted by atomic mass is 127. The van der Waals surface area contributed by atoms with Crippen LogP contribution < -0.4 is 0 Å². The average Bonchev–Trinajstić information content (AvgIpc) is 2.07. The van der Waals surface area contributed by atoms with E-state index in [1.165, 1.54) is 22.6 Å². The van der Waals surface area contributed by atoms with Gasteiger partial charge in [-0.2, -0.15) is 13.2 Å². The molecule has 76 valence electrons. The highest BCUT2D eigenvalue weighted by Gasteiger charge is 2.35. The third-order valence-corrected chi connectivity index (χ3v) is 2.64. The fourth-order valence-corrected chi connectivity index (χ4v) is 1.47. The highest BCUT2D eigenvalue weighted by molar-refractivity contribution is 14.1. The van der Waals surface area contributed by atoms with Gasteiger partial charge in [0, 0.05) is 5.56 Å². The van der Waals surface area contributed by atoms with Crippen LogP contribution in [0.5, 0.6) is 0 Å². The van der Waals surface area contributed by atoms with Crippen LogP contribution in [0.2, 0.25) is 0 Å². The van der Waals surface area contributed by atoms with E-state index >= 15 is 0 Å². The SMILES string of the molecule is O=Cc1ccc(C(F)(F)F)c(F)c1I. The van der Waals surface area contributed by atoms with Gasteiger partial charge in [-0.05, 0) is 34.7 Å². The highest BCUT2D eigenvalue weighted by Crippen LogP contribution is 2.33. The van der Waals surface area contributed by atoms with E-state index in [4.69, 9.17) is 0 Å². The summed E-state index contributed by atoms with van der Waals surface area (Å²) in [6, 6.07) is 1.50. The molecule has 1 aromatic carbocycles. The second-order valence-electron chi connectivity index (χ2n) is 2.45. The minimum absolute atomic E-state index is 0.0869. The molecular formula is C8H3F4IO. The molecule has 0 bridgehead atoms. The van der Waals surface area contributed by atoms with Crippen molar-refractivity contribution in [1.82, 2.24) is 0 Å². The Bertz CT molecular complexity index is 372. The van der Waals surface area contributed by atoms with Crippen molar-refractivity contribution >= 4 is 28.9 Å². The van der Waals surface area contributed by atoms with E-state index in [2.05, 4.69) is 0 Å². The van der Waals surface area contributed by atoms with Crippen molar-refractivity contribution in [2.24, 2.45) is 0 Å². The van der Waals surface area contributed by atoms with Crippen LogP contribution in [0.4, 0.5) is 17.6 Å². The maximum absolute atomic E-state index is 13.1. The van der Waals surface area contributed by atoms with Crippen molar-refractivity contribution in [3.63, 3.8) is 0 Å². The van der Waals surface area contributed by atoms with Crippen molar-refractivity contribution < 1.29 is 22.4 Å². The topological polar surface area (TPSA) is 17.1 Å². The summed E-state index contributed by atoms with van der Waals surface area (Å²) in [5, 5.41) is 0. The Labute approximate surface area is 90.2 Å². The van der Waals surface area contributed by atoms with Gasteiger partial charge in [0.1, 0.15) is 5.82 Å².